The maximum atomic E-state index is 12.3. The van der Waals surface area contributed by atoms with Crippen LogP contribution in [0.3, 0.4) is 0 Å². The molecular formula is C12H17O5P. The zero-order valence-electron chi connectivity index (χ0n) is 10.4. The Balaban J connectivity index is 2.97. The van der Waals surface area contributed by atoms with Crippen LogP contribution in [-0.4, -0.2) is 24.6 Å². The monoisotopic (exact) mass is 272 g/mol. The van der Waals surface area contributed by atoms with E-state index in [9.17, 15) is 14.5 Å². The van der Waals surface area contributed by atoms with Gasteiger partial charge >= 0.3 is 7.60 Å². The molecule has 0 heterocycles. The highest BCUT2D eigenvalue weighted by atomic mass is 31.2. The fourth-order valence-electron chi connectivity index (χ4n) is 1.47. The molecule has 0 radical (unpaired) electrons. The van der Waals surface area contributed by atoms with Gasteiger partial charge in [0.2, 0.25) is 0 Å². The molecule has 0 saturated carbocycles. The summed E-state index contributed by atoms with van der Waals surface area (Å²) >= 11 is 0. The molecule has 5 nitrogen and oxygen atoms in total. The van der Waals surface area contributed by atoms with Crippen molar-refractivity contribution in [1.82, 2.24) is 0 Å². The van der Waals surface area contributed by atoms with Crippen LogP contribution in [0.25, 0.3) is 0 Å². The lowest BCUT2D eigenvalue weighted by atomic mass is 10.2. The van der Waals surface area contributed by atoms with Crippen LogP contribution in [0, 0.1) is 0 Å². The molecule has 0 aliphatic heterocycles. The van der Waals surface area contributed by atoms with E-state index >= 15 is 0 Å². The van der Waals surface area contributed by atoms with Crippen molar-refractivity contribution in [2.24, 2.45) is 0 Å². The van der Waals surface area contributed by atoms with Crippen LogP contribution in [0.4, 0.5) is 0 Å². The summed E-state index contributed by atoms with van der Waals surface area (Å²) in [6, 6.07) is 6.12. The van der Waals surface area contributed by atoms with Gasteiger partial charge in [-0.1, -0.05) is 24.3 Å². The van der Waals surface area contributed by atoms with Gasteiger partial charge in [-0.2, -0.15) is 0 Å². The zero-order valence-corrected chi connectivity index (χ0v) is 11.3. The van der Waals surface area contributed by atoms with Crippen LogP contribution < -0.4 is 0 Å². The molecule has 100 valence electrons. The molecule has 0 fully saturated rings. The number of aliphatic hydroxyl groups is 1. The third-order valence-corrected chi connectivity index (χ3v) is 4.42. The minimum Gasteiger partial charge on any atom is -0.376 e. The zero-order chi connectivity index (χ0) is 13.6. The predicted octanol–water partition coefficient (Wildman–Crippen LogP) is 2.76. The van der Waals surface area contributed by atoms with Gasteiger partial charge in [0, 0.05) is 5.56 Å². The number of hydrogen-bond acceptors (Lipinski definition) is 5. The Hall–Kier alpha value is -1.00. The van der Waals surface area contributed by atoms with Crippen molar-refractivity contribution in [3.63, 3.8) is 0 Å². The molecule has 0 amide bonds. The lowest BCUT2D eigenvalue weighted by molar-refractivity contribution is 0.112. The third kappa shape index (κ3) is 3.50. The highest BCUT2D eigenvalue weighted by Gasteiger charge is 2.35. The molecule has 18 heavy (non-hydrogen) atoms. The first-order valence-corrected chi connectivity index (χ1v) is 7.30. The third-order valence-electron chi connectivity index (χ3n) is 2.29. The number of carbonyl (C=O) groups is 1. The quantitative estimate of drug-likeness (QED) is 0.610. The topological polar surface area (TPSA) is 72.8 Å². The average Bonchev–Trinajstić information content (AvgIpc) is 2.38. The largest absolute Gasteiger partial charge is 0.376 e. The van der Waals surface area contributed by atoms with E-state index in [1.807, 2.05) is 0 Å². The summed E-state index contributed by atoms with van der Waals surface area (Å²) in [5.74, 6) is -1.35. The van der Waals surface area contributed by atoms with Gasteiger partial charge in [0.15, 0.2) is 5.85 Å². The first-order valence-electron chi connectivity index (χ1n) is 5.69. The van der Waals surface area contributed by atoms with Gasteiger partial charge in [-0.15, -0.1) is 0 Å². The molecule has 1 unspecified atom stereocenters. The Morgan fingerprint density at radius 3 is 2.11 bits per heavy atom. The van der Waals surface area contributed by atoms with Crippen LogP contribution in [-0.2, 0) is 13.6 Å². The fourth-order valence-corrected chi connectivity index (χ4v) is 3.08. The first-order chi connectivity index (χ1) is 8.57. The smallest absolute Gasteiger partial charge is 0.363 e. The molecule has 0 bridgehead atoms. The van der Waals surface area contributed by atoms with Crippen LogP contribution in [0.1, 0.15) is 35.6 Å². The molecule has 0 saturated heterocycles. The normalized spacial score (nSPS) is 13.3. The van der Waals surface area contributed by atoms with E-state index in [-0.39, 0.29) is 13.2 Å². The van der Waals surface area contributed by atoms with E-state index in [1.54, 1.807) is 13.8 Å². The predicted molar refractivity (Wildman–Crippen MR) is 67.6 cm³/mol. The van der Waals surface area contributed by atoms with E-state index < -0.39 is 13.4 Å². The number of rotatable bonds is 7. The van der Waals surface area contributed by atoms with Crippen molar-refractivity contribution < 1.29 is 23.5 Å². The summed E-state index contributed by atoms with van der Waals surface area (Å²) < 4.78 is 22.4. The number of aldehydes is 1. The second kappa shape index (κ2) is 6.81. The van der Waals surface area contributed by atoms with Crippen molar-refractivity contribution in [2.45, 2.75) is 19.7 Å². The molecule has 6 heteroatoms. The van der Waals surface area contributed by atoms with Gasteiger partial charge in [-0.25, -0.2) is 0 Å². The Morgan fingerprint density at radius 2 is 1.72 bits per heavy atom. The molecule has 0 aliphatic rings. The summed E-state index contributed by atoms with van der Waals surface area (Å²) in [6.45, 7) is 3.71. The number of aliphatic hydroxyl groups excluding tert-OH is 1. The molecule has 0 aromatic heterocycles. The van der Waals surface area contributed by atoms with Gasteiger partial charge in [0.1, 0.15) is 6.29 Å². The average molecular weight is 272 g/mol. The standard InChI is InChI=1S/C12H17O5P/c1-3-16-18(15,17-4-2)12(14)11-7-5-10(9-13)6-8-11/h5-9,12,14H,3-4H2,1-2H3. The lowest BCUT2D eigenvalue weighted by Crippen LogP contribution is -2.06. The van der Waals surface area contributed by atoms with E-state index in [0.29, 0.717) is 17.4 Å². The highest BCUT2D eigenvalue weighted by Crippen LogP contribution is 2.59. The summed E-state index contributed by atoms with van der Waals surface area (Å²) in [5, 5.41) is 10.1. The van der Waals surface area contributed by atoms with Gasteiger partial charge in [-0.3, -0.25) is 9.36 Å². The van der Waals surface area contributed by atoms with E-state index in [1.165, 1.54) is 24.3 Å². The Kier molecular flexibility index (Phi) is 5.69. The van der Waals surface area contributed by atoms with Crippen molar-refractivity contribution >= 4 is 13.9 Å². The minimum absolute atomic E-state index is 0.181. The maximum absolute atomic E-state index is 12.3. The van der Waals surface area contributed by atoms with Crippen LogP contribution in [0.15, 0.2) is 24.3 Å². The molecule has 1 atom stereocenters. The maximum Gasteiger partial charge on any atom is 0.363 e. The van der Waals surface area contributed by atoms with Gasteiger partial charge in [0.25, 0.3) is 0 Å². The Labute approximate surface area is 106 Å². The highest BCUT2D eigenvalue weighted by molar-refractivity contribution is 7.54. The van der Waals surface area contributed by atoms with E-state index in [4.69, 9.17) is 9.05 Å². The summed E-state index contributed by atoms with van der Waals surface area (Å²) in [5.41, 5.74) is 0.874. The lowest BCUT2D eigenvalue weighted by Gasteiger charge is -2.22. The van der Waals surface area contributed by atoms with Crippen LogP contribution in [0.5, 0.6) is 0 Å². The number of hydrogen-bond donors (Lipinski definition) is 1. The molecular weight excluding hydrogens is 255 g/mol. The van der Waals surface area contributed by atoms with Crippen molar-refractivity contribution in [3.05, 3.63) is 35.4 Å². The second-order valence-corrected chi connectivity index (χ2v) is 5.62. The van der Waals surface area contributed by atoms with Crippen molar-refractivity contribution in [2.75, 3.05) is 13.2 Å². The first kappa shape index (κ1) is 15.1. The Bertz CT molecular complexity index is 419. The molecule has 1 aromatic carbocycles. The van der Waals surface area contributed by atoms with Crippen LogP contribution >= 0.6 is 7.60 Å². The fraction of sp³-hybridized carbons (Fsp3) is 0.417. The van der Waals surface area contributed by atoms with Crippen LogP contribution in [0.2, 0.25) is 0 Å². The minimum atomic E-state index is -3.59. The molecule has 0 aliphatic carbocycles. The summed E-state index contributed by atoms with van der Waals surface area (Å²) in [7, 11) is -3.59. The van der Waals surface area contributed by atoms with Gasteiger partial charge < -0.3 is 14.2 Å². The van der Waals surface area contributed by atoms with Crippen molar-refractivity contribution in [1.29, 1.82) is 0 Å². The van der Waals surface area contributed by atoms with Crippen molar-refractivity contribution in [3.8, 4) is 0 Å². The molecule has 1 rings (SSSR count). The molecule has 1 aromatic rings. The number of benzene rings is 1. The second-order valence-electron chi connectivity index (χ2n) is 3.53. The number of carbonyl (C=O) groups excluding carboxylic acids is 1. The molecule has 0 spiro atoms. The molecule has 1 N–H and O–H groups in total. The van der Waals surface area contributed by atoms with E-state index in [0.717, 1.165) is 0 Å². The summed E-state index contributed by atoms with van der Waals surface area (Å²) in [6.07, 6.45) is 0.695. The van der Waals surface area contributed by atoms with E-state index in [2.05, 4.69) is 0 Å². The summed E-state index contributed by atoms with van der Waals surface area (Å²) in [4.78, 5) is 10.5. The van der Waals surface area contributed by atoms with Gasteiger partial charge in [-0.05, 0) is 19.4 Å². The SMILES string of the molecule is CCOP(=O)(OCC)C(O)c1ccc(C=O)cc1. The Morgan fingerprint density at radius 1 is 1.22 bits per heavy atom. The van der Waals surface area contributed by atoms with Gasteiger partial charge in [0.05, 0.1) is 13.2 Å².